The molecule has 2 N–H and O–H groups in total. The summed E-state index contributed by atoms with van der Waals surface area (Å²) in [5, 5.41) is 0. The molecular formula is C5H11NO. The molecule has 0 heterocycles. The highest BCUT2D eigenvalue weighted by Gasteiger charge is 1.96. The van der Waals surface area contributed by atoms with Crippen molar-refractivity contribution in [1.29, 1.82) is 0 Å². The Bertz CT molecular complexity index is 122. The van der Waals surface area contributed by atoms with Gasteiger partial charge in [0.2, 0.25) is 5.91 Å². The Labute approximate surface area is 46.5 Å². The van der Waals surface area contributed by atoms with Crippen LogP contribution in [0.1, 0.15) is 23.0 Å². The summed E-state index contributed by atoms with van der Waals surface area (Å²) in [6.07, 6.45) is -1.86. The molecule has 0 aromatic rings. The molecule has 0 aromatic heterocycles. The summed E-state index contributed by atoms with van der Waals surface area (Å²) in [6, 6.07) is 0. The van der Waals surface area contributed by atoms with Crippen LogP contribution in [0.4, 0.5) is 0 Å². The van der Waals surface area contributed by atoms with Crippen molar-refractivity contribution in [2.24, 2.45) is 11.7 Å². The molecular weight excluding hydrogens is 90.1 g/mol. The second-order valence-electron chi connectivity index (χ2n) is 1.66. The molecule has 0 unspecified atom stereocenters. The molecule has 0 aliphatic heterocycles. The van der Waals surface area contributed by atoms with Crippen LogP contribution in [0.3, 0.4) is 0 Å². The van der Waals surface area contributed by atoms with Crippen LogP contribution >= 0.6 is 0 Å². The topological polar surface area (TPSA) is 43.1 Å². The zero-order valence-electron chi connectivity index (χ0n) is 6.56. The lowest BCUT2D eigenvalue weighted by atomic mass is 10.1. The highest BCUT2D eigenvalue weighted by Crippen LogP contribution is 1.95. The van der Waals surface area contributed by atoms with Crippen molar-refractivity contribution in [3.63, 3.8) is 0 Å². The molecule has 1 amide bonds. The number of carbonyl (C=O) groups is 1. The fourth-order valence-corrected chi connectivity index (χ4v) is 0.285. The van der Waals surface area contributed by atoms with Gasteiger partial charge in [0.25, 0.3) is 0 Å². The number of rotatable bonds is 2. The molecule has 0 spiro atoms. The summed E-state index contributed by atoms with van der Waals surface area (Å²) in [6.45, 7) is 3.23. The van der Waals surface area contributed by atoms with Gasteiger partial charge in [0, 0.05) is 9.11 Å². The van der Waals surface area contributed by atoms with Gasteiger partial charge >= 0.3 is 0 Å². The smallest absolute Gasteiger partial charge is 0.217 e. The summed E-state index contributed by atoms with van der Waals surface area (Å²) in [4.78, 5) is 10.3. The van der Waals surface area contributed by atoms with E-state index in [0.717, 1.165) is 0 Å². The molecule has 0 aliphatic rings. The first-order chi connectivity index (χ1) is 3.89. The van der Waals surface area contributed by atoms with Crippen LogP contribution in [0.2, 0.25) is 0 Å². The summed E-state index contributed by atoms with van der Waals surface area (Å²) in [5.41, 5.74) is 4.76. The maximum absolute atomic E-state index is 10.3. The molecule has 0 saturated carbocycles. The minimum Gasteiger partial charge on any atom is -0.370 e. The Morgan fingerprint density at radius 3 is 2.43 bits per heavy atom. The van der Waals surface area contributed by atoms with Crippen LogP contribution < -0.4 is 5.73 Å². The first-order valence-electron chi connectivity index (χ1n) is 3.19. The van der Waals surface area contributed by atoms with E-state index >= 15 is 0 Å². The first-order valence-corrected chi connectivity index (χ1v) is 2.19. The Morgan fingerprint density at radius 1 is 2.00 bits per heavy atom. The first kappa shape index (κ1) is 3.47. The lowest BCUT2D eigenvalue weighted by Crippen LogP contribution is -2.12. The molecule has 2 heteroatoms. The van der Waals surface area contributed by atoms with Gasteiger partial charge in [-0.3, -0.25) is 4.79 Å². The van der Waals surface area contributed by atoms with E-state index < -0.39 is 12.3 Å². The lowest BCUT2D eigenvalue weighted by Gasteiger charge is -1.95. The fourth-order valence-electron chi connectivity index (χ4n) is 0.285. The molecule has 42 valence electrons. The number of nitrogens with two attached hydrogens (primary N) is 1. The zero-order valence-corrected chi connectivity index (χ0v) is 4.56. The predicted octanol–water partition coefficient (Wildman–Crippen LogP) is 0.518. The van der Waals surface area contributed by atoms with Crippen LogP contribution in [-0.4, -0.2) is 5.91 Å². The summed E-state index contributed by atoms with van der Waals surface area (Å²) in [5.74, 6) is -1.24. The molecule has 0 radical (unpaired) electrons. The third-order valence-corrected chi connectivity index (χ3v) is 0.431. The van der Waals surface area contributed by atoms with E-state index in [1.807, 2.05) is 0 Å². The number of carbonyl (C=O) groups excluding carboxylic acids is 1. The van der Waals surface area contributed by atoms with E-state index in [0.29, 0.717) is 0 Å². The molecule has 0 rings (SSSR count). The van der Waals surface area contributed by atoms with Gasteiger partial charge in [0.05, 0.1) is 0 Å². The largest absolute Gasteiger partial charge is 0.370 e. The van der Waals surface area contributed by atoms with E-state index in [1.54, 1.807) is 13.8 Å². The van der Waals surface area contributed by atoms with Crippen LogP contribution in [0.25, 0.3) is 0 Å². The van der Waals surface area contributed by atoms with Crippen molar-refractivity contribution in [2.45, 2.75) is 20.2 Å². The molecule has 7 heavy (non-hydrogen) atoms. The Hall–Kier alpha value is -0.530. The average Bonchev–Trinajstić information content (AvgIpc) is 1.65. The Kier molecular flexibility index (Phi) is 1.29. The van der Waals surface area contributed by atoms with Crippen molar-refractivity contribution < 1.29 is 7.54 Å². The van der Waals surface area contributed by atoms with E-state index in [4.69, 9.17) is 8.48 Å². The van der Waals surface area contributed by atoms with Gasteiger partial charge in [0.1, 0.15) is 0 Å². The second-order valence-corrected chi connectivity index (χ2v) is 1.66. The van der Waals surface area contributed by atoms with E-state index in [1.165, 1.54) is 0 Å². The maximum atomic E-state index is 10.3. The third-order valence-electron chi connectivity index (χ3n) is 0.431. The molecule has 0 aliphatic carbocycles. The SMILES string of the molecule is [2H]C([2H])(C(N)=O)C(C)C. The standard InChI is InChI=1S/C5H11NO/c1-4(2)3-5(6)7/h4H,3H2,1-2H3,(H2,6,7)/i3D2. The monoisotopic (exact) mass is 103 g/mol. The normalized spacial score (nSPS) is 15.9. The molecule has 0 aromatic carbocycles. The molecule has 0 bridgehead atoms. The van der Waals surface area contributed by atoms with Crippen molar-refractivity contribution in [3.05, 3.63) is 0 Å². The predicted molar refractivity (Wildman–Crippen MR) is 28.6 cm³/mol. The minimum atomic E-state index is -1.86. The van der Waals surface area contributed by atoms with E-state index in [9.17, 15) is 4.79 Å². The molecule has 0 atom stereocenters. The Morgan fingerprint density at radius 2 is 2.43 bits per heavy atom. The van der Waals surface area contributed by atoms with Gasteiger partial charge in [-0.1, -0.05) is 13.8 Å². The van der Waals surface area contributed by atoms with Crippen molar-refractivity contribution in [3.8, 4) is 0 Å². The van der Waals surface area contributed by atoms with Gasteiger partial charge in [-0.05, 0) is 5.92 Å². The lowest BCUT2D eigenvalue weighted by molar-refractivity contribution is -0.118. The van der Waals surface area contributed by atoms with Gasteiger partial charge in [-0.2, -0.15) is 0 Å². The highest BCUT2D eigenvalue weighted by molar-refractivity contribution is 5.73. The van der Waals surface area contributed by atoms with Gasteiger partial charge in [0.15, 0.2) is 0 Å². The average molecular weight is 103 g/mol. The van der Waals surface area contributed by atoms with Crippen LogP contribution in [-0.2, 0) is 4.79 Å². The highest BCUT2D eigenvalue weighted by atomic mass is 16.1. The maximum Gasteiger partial charge on any atom is 0.217 e. The Balaban J connectivity index is 4.19. The quantitative estimate of drug-likeness (QED) is 0.544. The summed E-state index contributed by atoms with van der Waals surface area (Å²) < 4.78 is 14.1. The fraction of sp³-hybridized carbons (Fsp3) is 0.800. The van der Waals surface area contributed by atoms with Crippen LogP contribution in [0.5, 0.6) is 0 Å². The molecule has 0 saturated heterocycles. The van der Waals surface area contributed by atoms with Crippen molar-refractivity contribution in [2.75, 3.05) is 0 Å². The summed E-state index contributed by atoms with van der Waals surface area (Å²) in [7, 11) is 0. The van der Waals surface area contributed by atoms with E-state index in [2.05, 4.69) is 0 Å². The minimum absolute atomic E-state index is 0.352. The zero-order chi connectivity index (χ0) is 7.65. The van der Waals surface area contributed by atoms with E-state index in [-0.39, 0.29) is 5.92 Å². The van der Waals surface area contributed by atoms with Gasteiger partial charge in [-0.15, -0.1) is 0 Å². The number of hydrogen-bond donors (Lipinski definition) is 1. The van der Waals surface area contributed by atoms with Gasteiger partial charge in [-0.25, -0.2) is 0 Å². The second kappa shape index (κ2) is 2.61. The van der Waals surface area contributed by atoms with Crippen molar-refractivity contribution in [1.82, 2.24) is 0 Å². The number of amides is 1. The number of hydrogen-bond acceptors (Lipinski definition) is 1. The summed E-state index contributed by atoms with van der Waals surface area (Å²) >= 11 is 0. The third kappa shape index (κ3) is 5.47. The van der Waals surface area contributed by atoms with Crippen LogP contribution in [0.15, 0.2) is 0 Å². The van der Waals surface area contributed by atoms with Crippen LogP contribution in [0, 0.1) is 5.92 Å². The number of primary amides is 1. The molecule has 2 nitrogen and oxygen atoms in total. The van der Waals surface area contributed by atoms with Crippen molar-refractivity contribution >= 4 is 5.91 Å². The molecule has 0 fully saturated rings. The van der Waals surface area contributed by atoms with Gasteiger partial charge < -0.3 is 5.73 Å².